The highest BCUT2D eigenvalue weighted by molar-refractivity contribution is 5.74. The Morgan fingerprint density at radius 1 is 1.20 bits per heavy atom. The maximum atomic E-state index is 11.4. The summed E-state index contributed by atoms with van der Waals surface area (Å²) in [6.07, 6.45) is 3.21. The number of rotatable bonds is 9. The fourth-order valence-electron chi connectivity index (χ4n) is 1.52. The van der Waals surface area contributed by atoms with Gasteiger partial charge in [0.2, 0.25) is 0 Å². The van der Waals surface area contributed by atoms with E-state index in [0.29, 0.717) is 18.8 Å². The Bertz CT molecular complexity index is 411. The van der Waals surface area contributed by atoms with Crippen LogP contribution in [0.3, 0.4) is 0 Å². The second-order valence-electron chi connectivity index (χ2n) is 4.72. The standard InChI is InChI=1S/C16H22O4/c1-3-13(2)16(18)20-11-5-4-10-19-15-8-6-14(12-17)7-9-15/h6-9,12-13H,3-5,10-11H2,1-2H3. The lowest BCUT2D eigenvalue weighted by Gasteiger charge is -2.09. The maximum absolute atomic E-state index is 11.4. The fourth-order valence-corrected chi connectivity index (χ4v) is 1.52. The van der Waals surface area contributed by atoms with Gasteiger partial charge in [0.25, 0.3) is 0 Å². The highest BCUT2D eigenvalue weighted by atomic mass is 16.5. The zero-order valence-corrected chi connectivity index (χ0v) is 12.1. The van der Waals surface area contributed by atoms with Gasteiger partial charge >= 0.3 is 5.97 Å². The summed E-state index contributed by atoms with van der Waals surface area (Å²) in [5, 5.41) is 0. The number of carbonyl (C=O) groups excluding carboxylic acids is 2. The summed E-state index contributed by atoms with van der Waals surface area (Å²) in [7, 11) is 0. The van der Waals surface area contributed by atoms with Crippen LogP contribution in [0, 0.1) is 5.92 Å². The normalized spacial score (nSPS) is 11.7. The molecule has 4 heteroatoms. The van der Waals surface area contributed by atoms with Crippen molar-refractivity contribution < 1.29 is 19.1 Å². The van der Waals surface area contributed by atoms with Gasteiger partial charge in [0.15, 0.2) is 0 Å². The van der Waals surface area contributed by atoms with Crippen molar-refractivity contribution in [1.29, 1.82) is 0 Å². The highest BCUT2D eigenvalue weighted by Gasteiger charge is 2.10. The average molecular weight is 278 g/mol. The van der Waals surface area contributed by atoms with E-state index in [9.17, 15) is 9.59 Å². The first-order valence-electron chi connectivity index (χ1n) is 7.02. The Labute approximate surface area is 120 Å². The Morgan fingerprint density at radius 2 is 1.85 bits per heavy atom. The fraction of sp³-hybridized carbons (Fsp3) is 0.500. The number of esters is 1. The minimum Gasteiger partial charge on any atom is -0.494 e. The highest BCUT2D eigenvalue weighted by Crippen LogP contribution is 2.11. The monoisotopic (exact) mass is 278 g/mol. The lowest BCUT2D eigenvalue weighted by atomic mass is 10.1. The van der Waals surface area contributed by atoms with Crippen LogP contribution in [-0.4, -0.2) is 25.5 Å². The number of carbonyl (C=O) groups is 2. The second kappa shape index (κ2) is 9.13. The van der Waals surface area contributed by atoms with Crippen LogP contribution < -0.4 is 4.74 Å². The lowest BCUT2D eigenvalue weighted by Crippen LogP contribution is -2.14. The summed E-state index contributed by atoms with van der Waals surface area (Å²) in [5.74, 6) is 0.590. The quantitative estimate of drug-likeness (QED) is 0.395. The first kappa shape index (κ1) is 16.2. The molecule has 0 aliphatic carbocycles. The van der Waals surface area contributed by atoms with Crippen molar-refractivity contribution in [2.24, 2.45) is 5.92 Å². The molecule has 0 saturated heterocycles. The van der Waals surface area contributed by atoms with Crippen molar-refractivity contribution in [2.45, 2.75) is 33.1 Å². The van der Waals surface area contributed by atoms with Crippen molar-refractivity contribution in [3.63, 3.8) is 0 Å². The third-order valence-electron chi connectivity index (χ3n) is 3.08. The predicted octanol–water partition coefficient (Wildman–Crippen LogP) is 3.25. The van der Waals surface area contributed by atoms with E-state index in [0.717, 1.165) is 31.3 Å². The molecule has 0 amide bonds. The van der Waals surface area contributed by atoms with E-state index in [-0.39, 0.29) is 11.9 Å². The number of aldehydes is 1. The van der Waals surface area contributed by atoms with Gasteiger partial charge in [-0.1, -0.05) is 13.8 Å². The largest absolute Gasteiger partial charge is 0.494 e. The molecule has 0 fully saturated rings. The Morgan fingerprint density at radius 3 is 2.45 bits per heavy atom. The molecular weight excluding hydrogens is 256 g/mol. The minimum absolute atomic E-state index is 0.0254. The van der Waals surface area contributed by atoms with E-state index in [1.807, 2.05) is 13.8 Å². The van der Waals surface area contributed by atoms with Crippen molar-refractivity contribution in [3.05, 3.63) is 29.8 Å². The Balaban J connectivity index is 2.10. The lowest BCUT2D eigenvalue weighted by molar-refractivity contribution is -0.148. The van der Waals surface area contributed by atoms with Gasteiger partial charge < -0.3 is 9.47 Å². The molecule has 0 saturated carbocycles. The molecule has 0 bridgehead atoms. The summed E-state index contributed by atoms with van der Waals surface area (Å²) in [6.45, 7) is 4.85. The van der Waals surface area contributed by atoms with Crippen LogP contribution >= 0.6 is 0 Å². The van der Waals surface area contributed by atoms with Crippen LogP contribution in [-0.2, 0) is 9.53 Å². The van der Waals surface area contributed by atoms with E-state index in [1.165, 1.54) is 0 Å². The van der Waals surface area contributed by atoms with Crippen LogP contribution in [0.5, 0.6) is 5.75 Å². The molecular formula is C16H22O4. The summed E-state index contributed by atoms with van der Waals surface area (Å²) in [4.78, 5) is 21.9. The van der Waals surface area contributed by atoms with Crippen LogP contribution in [0.1, 0.15) is 43.5 Å². The van der Waals surface area contributed by atoms with Crippen LogP contribution in [0.4, 0.5) is 0 Å². The van der Waals surface area contributed by atoms with E-state index in [2.05, 4.69) is 0 Å². The third-order valence-corrected chi connectivity index (χ3v) is 3.08. The Hall–Kier alpha value is -1.84. The van der Waals surface area contributed by atoms with E-state index in [1.54, 1.807) is 24.3 Å². The number of hydrogen-bond acceptors (Lipinski definition) is 4. The van der Waals surface area contributed by atoms with Crippen molar-refractivity contribution in [3.8, 4) is 5.75 Å². The van der Waals surface area contributed by atoms with Gasteiger partial charge in [-0.05, 0) is 43.5 Å². The maximum Gasteiger partial charge on any atom is 0.308 e. The van der Waals surface area contributed by atoms with E-state index < -0.39 is 0 Å². The number of ether oxygens (including phenoxy) is 2. The summed E-state index contributed by atoms with van der Waals surface area (Å²) in [5.41, 5.74) is 0.634. The van der Waals surface area contributed by atoms with Gasteiger partial charge in [-0.2, -0.15) is 0 Å². The molecule has 110 valence electrons. The average Bonchev–Trinajstić information content (AvgIpc) is 2.50. The predicted molar refractivity (Wildman–Crippen MR) is 77.0 cm³/mol. The molecule has 1 aromatic carbocycles. The molecule has 1 rings (SSSR count). The molecule has 20 heavy (non-hydrogen) atoms. The molecule has 0 aromatic heterocycles. The minimum atomic E-state index is -0.127. The molecule has 1 aromatic rings. The topological polar surface area (TPSA) is 52.6 Å². The first-order valence-corrected chi connectivity index (χ1v) is 7.02. The molecule has 0 spiro atoms. The van der Waals surface area contributed by atoms with Crippen LogP contribution in [0.15, 0.2) is 24.3 Å². The molecule has 0 aliphatic heterocycles. The molecule has 0 radical (unpaired) electrons. The number of hydrogen-bond donors (Lipinski definition) is 0. The molecule has 0 aliphatic rings. The summed E-state index contributed by atoms with van der Waals surface area (Å²) >= 11 is 0. The molecule has 1 unspecified atom stereocenters. The summed E-state index contributed by atoms with van der Waals surface area (Å²) < 4.78 is 10.7. The van der Waals surface area contributed by atoms with Gasteiger partial charge in [-0.25, -0.2) is 0 Å². The van der Waals surface area contributed by atoms with Gasteiger partial charge in [0.05, 0.1) is 19.1 Å². The van der Waals surface area contributed by atoms with Gasteiger partial charge in [-0.3, -0.25) is 9.59 Å². The molecule has 1 atom stereocenters. The molecule has 0 N–H and O–H groups in total. The zero-order valence-electron chi connectivity index (χ0n) is 12.1. The number of benzene rings is 1. The molecule has 0 heterocycles. The smallest absolute Gasteiger partial charge is 0.308 e. The van der Waals surface area contributed by atoms with Crippen LogP contribution in [0.2, 0.25) is 0 Å². The van der Waals surface area contributed by atoms with Gasteiger partial charge in [0, 0.05) is 5.56 Å². The summed E-state index contributed by atoms with van der Waals surface area (Å²) in [6, 6.07) is 6.98. The SMILES string of the molecule is CCC(C)C(=O)OCCCCOc1ccc(C=O)cc1. The van der Waals surface area contributed by atoms with Crippen molar-refractivity contribution >= 4 is 12.3 Å². The van der Waals surface area contributed by atoms with Crippen molar-refractivity contribution in [1.82, 2.24) is 0 Å². The van der Waals surface area contributed by atoms with E-state index >= 15 is 0 Å². The molecule has 4 nitrogen and oxygen atoms in total. The zero-order chi connectivity index (χ0) is 14.8. The van der Waals surface area contributed by atoms with Gasteiger partial charge in [0.1, 0.15) is 12.0 Å². The second-order valence-corrected chi connectivity index (χ2v) is 4.72. The van der Waals surface area contributed by atoms with Crippen molar-refractivity contribution in [2.75, 3.05) is 13.2 Å². The van der Waals surface area contributed by atoms with Gasteiger partial charge in [-0.15, -0.1) is 0 Å². The first-order chi connectivity index (χ1) is 9.67. The number of unbranched alkanes of at least 4 members (excludes halogenated alkanes) is 1. The van der Waals surface area contributed by atoms with Crippen LogP contribution in [0.25, 0.3) is 0 Å². The van der Waals surface area contributed by atoms with E-state index in [4.69, 9.17) is 9.47 Å². The Kier molecular flexibility index (Phi) is 7.40. The third kappa shape index (κ3) is 5.87.